The van der Waals surface area contributed by atoms with E-state index in [1.54, 1.807) is 0 Å². The van der Waals surface area contributed by atoms with Gasteiger partial charge in [0.1, 0.15) is 34.4 Å². The van der Waals surface area contributed by atoms with Crippen LogP contribution in [-0.2, 0) is 0 Å². The van der Waals surface area contributed by atoms with Gasteiger partial charge in [0, 0.05) is 61.2 Å². The lowest BCUT2D eigenvalue weighted by Crippen LogP contribution is -2.60. The van der Waals surface area contributed by atoms with Crippen LogP contribution < -0.4 is 20.3 Å². The summed E-state index contributed by atoms with van der Waals surface area (Å²) < 4.78 is 38.5. The third-order valence-electron chi connectivity index (χ3n) is 11.6. The van der Waals surface area contributed by atoms with Crippen LogP contribution in [0.25, 0.3) is 32.9 Å². The molecule has 2 aliphatic carbocycles. The zero-order valence-corrected chi connectivity index (χ0v) is 25.9. The van der Waals surface area contributed by atoms with Gasteiger partial charge < -0.3 is 30.3 Å². The summed E-state index contributed by atoms with van der Waals surface area (Å²) >= 11 is 0. The number of phenolic OH excluding ortho intramolecular Hbond substituents is 1. The second kappa shape index (κ2) is 9.87. The molecule has 3 N–H and O–H groups in total. The molecule has 4 aromatic rings. The van der Waals surface area contributed by atoms with Crippen LogP contribution in [-0.4, -0.2) is 82.4 Å². The molecule has 240 valence electrons. The molecule has 2 saturated carbocycles. The van der Waals surface area contributed by atoms with Gasteiger partial charge >= 0.3 is 6.01 Å². The van der Waals surface area contributed by atoms with E-state index in [9.17, 15) is 9.50 Å². The van der Waals surface area contributed by atoms with Crippen LogP contribution in [0.4, 0.5) is 20.4 Å². The number of ether oxygens (including phenoxy) is 1. The maximum Gasteiger partial charge on any atom is 0.319 e. The van der Waals surface area contributed by atoms with Crippen LogP contribution >= 0.6 is 0 Å². The Labute approximate surface area is 270 Å². The number of rotatable bonds is 6. The molecule has 0 radical (unpaired) electrons. The fourth-order valence-corrected chi connectivity index (χ4v) is 8.89. The molecule has 5 atom stereocenters. The average Bonchev–Trinajstić information content (AvgIpc) is 3.94. The lowest BCUT2D eigenvalue weighted by Gasteiger charge is -2.40. The molecule has 0 amide bonds. The van der Waals surface area contributed by atoms with Gasteiger partial charge in [-0.05, 0) is 67.5 Å². The first kappa shape index (κ1) is 27.8. The third kappa shape index (κ3) is 4.37. The summed E-state index contributed by atoms with van der Waals surface area (Å²) in [6, 6.07) is 6.43. The van der Waals surface area contributed by atoms with Gasteiger partial charge in [-0.3, -0.25) is 0 Å². The van der Waals surface area contributed by atoms with Crippen molar-refractivity contribution in [1.82, 2.24) is 25.2 Å². The number of aromatic nitrogens is 3. The topological polar surface area (TPSA) is 98.7 Å². The number of hydrogen-bond donors (Lipinski definition) is 3. The van der Waals surface area contributed by atoms with Crippen LogP contribution in [0.15, 0.2) is 24.3 Å². The van der Waals surface area contributed by atoms with Gasteiger partial charge in [0.2, 0.25) is 0 Å². The number of anilines is 2. The summed E-state index contributed by atoms with van der Waals surface area (Å²) in [5.41, 5.74) is 0.239. The van der Waals surface area contributed by atoms with Crippen molar-refractivity contribution in [1.29, 1.82) is 0 Å². The van der Waals surface area contributed by atoms with E-state index >= 15 is 4.39 Å². The Morgan fingerprint density at radius 2 is 1.91 bits per heavy atom. The predicted octanol–water partition coefficient (Wildman–Crippen LogP) is 4.66. The first-order valence-electron chi connectivity index (χ1n) is 16.8. The highest BCUT2D eigenvalue weighted by Crippen LogP contribution is 2.51. The number of aromatic hydroxyl groups is 1. The summed E-state index contributed by atoms with van der Waals surface area (Å²) in [6.45, 7) is 5.16. The van der Waals surface area contributed by atoms with E-state index in [0.29, 0.717) is 47.0 Å². The van der Waals surface area contributed by atoms with Crippen LogP contribution in [0.3, 0.4) is 0 Å². The van der Waals surface area contributed by atoms with E-state index in [2.05, 4.69) is 26.4 Å². The van der Waals surface area contributed by atoms with E-state index in [1.165, 1.54) is 43.8 Å². The van der Waals surface area contributed by atoms with E-state index in [0.717, 1.165) is 50.6 Å². The number of hydrogen-bond acceptors (Lipinski definition) is 9. The molecular formula is C36H35F2N7O2. The Hall–Kier alpha value is -4.27. The zero-order valence-electron chi connectivity index (χ0n) is 25.9. The fraction of sp³-hybridized carbons (Fsp3) is 0.472. The Balaban J connectivity index is 1.12. The second-order valence-corrected chi connectivity index (χ2v) is 14.7. The summed E-state index contributed by atoms with van der Waals surface area (Å²) in [5, 5.41) is 19.2. The Morgan fingerprint density at radius 1 is 1.06 bits per heavy atom. The molecule has 2 bridgehead atoms. The molecule has 3 saturated heterocycles. The minimum absolute atomic E-state index is 0.0192. The molecular weight excluding hydrogens is 600 g/mol. The molecule has 47 heavy (non-hydrogen) atoms. The van der Waals surface area contributed by atoms with Crippen molar-refractivity contribution in [3.63, 3.8) is 0 Å². The SMILES string of the molecule is C#Cc1c(F)ccc2cc(O)cc(-c3nc4c5c(nc(OCC6(CN7CC8CC8C7)CC6)nc5c3F)N3CC5CCC(N5)[C@@H]3CN4)c12. The highest BCUT2D eigenvalue weighted by Gasteiger charge is 2.51. The molecule has 0 spiro atoms. The number of phenols is 1. The summed E-state index contributed by atoms with van der Waals surface area (Å²) in [4.78, 5) is 19.4. The minimum atomic E-state index is -0.702. The van der Waals surface area contributed by atoms with Gasteiger partial charge in [-0.1, -0.05) is 12.0 Å². The van der Waals surface area contributed by atoms with Gasteiger partial charge in [0.15, 0.2) is 5.82 Å². The number of piperidine rings is 1. The first-order valence-corrected chi connectivity index (χ1v) is 16.8. The number of piperazine rings is 1. The van der Waals surface area contributed by atoms with Crippen molar-refractivity contribution < 1.29 is 18.6 Å². The molecule has 4 unspecified atom stereocenters. The van der Waals surface area contributed by atoms with E-state index in [1.807, 2.05) is 0 Å². The number of halogens is 2. The van der Waals surface area contributed by atoms with Gasteiger partial charge in [-0.2, -0.15) is 9.97 Å². The largest absolute Gasteiger partial charge is 0.508 e. The van der Waals surface area contributed by atoms with Crippen molar-refractivity contribution >= 4 is 33.3 Å². The summed E-state index contributed by atoms with van der Waals surface area (Å²) in [7, 11) is 0. The average molecular weight is 636 g/mol. The summed E-state index contributed by atoms with van der Waals surface area (Å²) in [6.07, 6.45) is 11.4. The molecule has 6 aliphatic rings. The monoisotopic (exact) mass is 635 g/mol. The van der Waals surface area contributed by atoms with E-state index in [4.69, 9.17) is 26.1 Å². The minimum Gasteiger partial charge on any atom is -0.508 e. The number of likely N-dealkylation sites (tertiary alicyclic amines) is 1. The lowest BCUT2D eigenvalue weighted by molar-refractivity contribution is 0.163. The molecule has 5 fully saturated rings. The Morgan fingerprint density at radius 3 is 2.72 bits per heavy atom. The maximum absolute atomic E-state index is 17.1. The van der Waals surface area contributed by atoms with Crippen molar-refractivity contribution in [3.05, 3.63) is 41.5 Å². The number of fused-ring (bicyclic) bond motifs is 7. The first-order chi connectivity index (χ1) is 22.9. The molecule has 11 heteroatoms. The standard InChI is InChI=1S/C36H35F2N7O2/c1-2-23-25(37)5-3-18-10-22(46)11-24(28(18)23)31-30(38)32-29-33(41-31)39-12-27-26-6-4-21(40-26)15-45(27)34(29)43-35(42-32)47-17-36(7-8-36)16-44-13-19-9-20(19)14-44/h1,3,5,10-11,19-21,26-27,40,46H,4,6-9,12-17H2,(H,39,41)/t19?,20?,21?,26?,27-/m0/s1. The van der Waals surface area contributed by atoms with Gasteiger partial charge in [0.05, 0.1) is 23.6 Å². The molecule has 2 aromatic heterocycles. The van der Waals surface area contributed by atoms with Gasteiger partial charge in [-0.15, -0.1) is 6.42 Å². The molecule has 9 nitrogen and oxygen atoms in total. The van der Waals surface area contributed by atoms with Crippen LogP contribution in [0.5, 0.6) is 11.8 Å². The van der Waals surface area contributed by atoms with Crippen LogP contribution in [0.1, 0.15) is 37.7 Å². The van der Waals surface area contributed by atoms with Gasteiger partial charge in [-0.25, -0.2) is 13.8 Å². The van der Waals surface area contributed by atoms with Crippen molar-refractivity contribution in [2.75, 3.05) is 49.5 Å². The molecule has 2 aromatic carbocycles. The normalized spacial score (nSPS) is 28.0. The Bertz CT molecular complexity index is 2030. The lowest BCUT2D eigenvalue weighted by atomic mass is 9.95. The molecule has 10 rings (SSSR count). The smallest absolute Gasteiger partial charge is 0.319 e. The van der Waals surface area contributed by atoms with Gasteiger partial charge in [0.25, 0.3) is 0 Å². The zero-order chi connectivity index (χ0) is 31.6. The van der Waals surface area contributed by atoms with Crippen molar-refractivity contribution in [2.24, 2.45) is 17.3 Å². The summed E-state index contributed by atoms with van der Waals surface area (Å²) in [5.74, 6) is 3.81. The third-order valence-corrected chi connectivity index (χ3v) is 11.6. The molecule has 4 aliphatic heterocycles. The number of benzene rings is 2. The van der Waals surface area contributed by atoms with Crippen LogP contribution in [0.2, 0.25) is 0 Å². The predicted molar refractivity (Wildman–Crippen MR) is 175 cm³/mol. The van der Waals surface area contributed by atoms with Crippen molar-refractivity contribution in [2.45, 2.75) is 50.2 Å². The van der Waals surface area contributed by atoms with E-state index < -0.39 is 11.6 Å². The highest BCUT2D eigenvalue weighted by molar-refractivity contribution is 6.06. The number of pyridine rings is 1. The second-order valence-electron chi connectivity index (χ2n) is 14.7. The maximum atomic E-state index is 17.1. The fourth-order valence-electron chi connectivity index (χ4n) is 8.89. The number of nitrogens with one attached hydrogen (secondary N) is 2. The number of terminal acetylenes is 1. The Kier molecular flexibility index (Phi) is 5.84. The van der Waals surface area contributed by atoms with Crippen molar-refractivity contribution in [3.8, 4) is 35.4 Å². The highest BCUT2D eigenvalue weighted by atomic mass is 19.1. The number of nitrogens with zero attached hydrogens (tertiary/aromatic N) is 5. The molecule has 6 heterocycles. The van der Waals surface area contributed by atoms with E-state index in [-0.39, 0.29) is 51.6 Å². The quantitative estimate of drug-likeness (QED) is 0.262. The van der Waals surface area contributed by atoms with Crippen LogP contribution in [0, 0.1) is 41.2 Å².